The van der Waals surface area contributed by atoms with Crippen molar-refractivity contribution in [1.29, 1.82) is 0 Å². The lowest BCUT2D eigenvalue weighted by Gasteiger charge is -1.93. The Bertz CT molecular complexity index is 266. The van der Waals surface area contributed by atoms with Gasteiger partial charge in [-0.05, 0) is 0 Å². The van der Waals surface area contributed by atoms with Gasteiger partial charge in [0, 0.05) is 6.07 Å². The predicted molar refractivity (Wildman–Crippen MR) is 34.8 cm³/mol. The van der Waals surface area contributed by atoms with Gasteiger partial charge in [0.05, 0.1) is 7.11 Å². The van der Waals surface area contributed by atoms with Crippen LogP contribution < -0.4 is 4.74 Å². The summed E-state index contributed by atoms with van der Waals surface area (Å²) in [7, 11) is 1.50. The Morgan fingerprint density at radius 3 is 3.00 bits per heavy atom. The van der Waals surface area contributed by atoms with E-state index in [9.17, 15) is 0 Å². The van der Waals surface area contributed by atoms with Crippen molar-refractivity contribution >= 4 is 5.82 Å². The molecule has 0 bridgehead atoms. The molecule has 1 heterocycles. The number of rotatable bonds is 1. The fourth-order valence-corrected chi connectivity index (χ4v) is 0.503. The van der Waals surface area contributed by atoms with Gasteiger partial charge in [0.25, 0.3) is 5.82 Å². The van der Waals surface area contributed by atoms with Crippen molar-refractivity contribution in [2.45, 2.75) is 0 Å². The SMILES string of the molecule is [C-]#[N+]c1cc(OC)ncn1. The van der Waals surface area contributed by atoms with Crippen LogP contribution in [-0.4, -0.2) is 17.1 Å². The van der Waals surface area contributed by atoms with E-state index in [4.69, 9.17) is 11.3 Å². The maximum Gasteiger partial charge on any atom is 0.276 e. The lowest BCUT2D eigenvalue weighted by atomic mass is 10.6. The van der Waals surface area contributed by atoms with Crippen molar-refractivity contribution in [3.05, 3.63) is 23.8 Å². The van der Waals surface area contributed by atoms with Gasteiger partial charge in [0.2, 0.25) is 12.2 Å². The predicted octanol–water partition coefficient (Wildman–Crippen LogP) is 1.04. The Kier molecular flexibility index (Phi) is 1.80. The second-order valence-corrected chi connectivity index (χ2v) is 1.53. The number of hydrogen-bond acceptors (Lipinski definition) is 3. The standard InChI is InChI=1S/C6H5N3O/c1-7-5-3-6(10-2)9-4-8-5/h3-4H,2H3. The summed E-state index contributed by atoms with van der Waals surface area (Å²) in [6.07, 6.45) is 1.30. The average Bonchev–Trinajstić information content (AvgIpc) is 2.05. The van der Waals surface area contributed by atoms with Crippen LogP contribution in [0.4, 0.5) is 5.82 Å². The maximum atomic E-state index is 6.59. The molecule has 4 heteroatoms. The highest BCUT2D eigenvalue weighted by Crippen LogP contribution is 2.11. The first-order valence-corrected chi connectivity index (χ1v) is 2.60. The number of methoxy groups -OCH3 is 1. The number of nitrogens with zero attached hydrogens (tertiary/aromatic N) is 3. The number of aromatic nitrogens is 2. The zero-order valence-corrected chi connectivity index (χ0v) is 5.40. The first-order chi connectivity index (χ1) is 4.86. The van der Waals surface area contributed by atoms with Gasteiger partial charge in [-0.2, -0.15) is 4.98 Å². The fraction of sp³-hybridized carbons (Fsp3) is 0.167. The van der Waals surface area contributed by atoms with E-state index in [2.05, 4.69) is 14.8 Å². The Balaban J connectivity index is 3.01. The molecule has 0 unspecified atom stereocenters. The van der Waals surface area contributed by atoms with E-state index >= 15 is 0 Å². The highest BCUT2D eigenvalue weighted by atomic mass is 16.5. The van der Waals surface area contributed by atoms with Crippen molar-refractivity contribution in [3.63, 3.8) is 0 Å². The largest absolute Gasteiger partial charge is 0.482 e. The molecule has 1 aromatic rings. The van der Waals surface area contributed by atoms with Gasteiger partial charge < -0.3 is 9.58 Å². The average molecular weight is 135 g/mol. The smallest absolute Gasteiger partial charge is 0.276 e. The van der Waals surface area contributed by atoms with Crippen LogP contribution in [0.1, 0.15) is 0 Å². The third-order valence-corrected chi connectivity index (χ3v) is 0.951. The highest BCUT2D eigenvalue weighted by Gasteiger charge is 1.95. The number of ether oxygens (including phenoxy) is 1. The van der Waals surface area contributed by atoms with Crippen LogP contribution in [0.15, 0.2) is 12.4 Å². The van der Waals surface area contributed by atoms with Crippen molar-refractivity contribution in [1.82, 2.24) is 9.97 Å². The van der Waals surface area contributed by atoms with E-state index in [1.807, 2.05) is 0 Å². The lowest BCUT2D eigenvalue weighted by Crippen LogP contribution is -1.86. The molecule has 10 heavy (non-hydrogen) atoms. The third-order valence-electron chi connectivity index (χ3n) is 0.951. The Hall–Kier alpha value is -1.63. The summed E-state index contributed by atoms with van der Waals surface area (Å²) in [5.74, 6) is 0.716. The zero-order chi connectivity index (χ0) is 7.40. The van der Waals surface area contributed by atoms with Crippen LogP contribution in [-0.2, 0) is 0 Å². The molecule has 0 aliphatic rings. The molecule has 1 aromatic heterocycles. The highest BCUT2D eigenvalue weighted by molar-refractivity contribution is 5.37. The van der Waals surface area contributed by atoms with Gasteiger partial charge in [-0.25, -0.2) is 0 Å². The molecule has 0 radical (unpaired) electrons. The molecule has 0 spiro atoms. The molecule has 50 valence electrons. The molecule has 0 saturated heterocycles. The fourth-order valence-electron chi connectivity index (χ4n) is 0.503. The quantitative estimate of drug-likeness (QED) is 0.540. The van der Waals surface area contributed by atoms with Crippen LogP contribution in [0.2, 0.25) is 0 Å². The molecule has 0 aliphatic carbocycles. The minimum absolute atomic E-state index is 0.298. The summed E-state index contributed by atoms with van der Waals surface area (Å²) in [5.41, 5.74) is 0. The Labute approximate surface area is 58.3 Å². The van der Waals surface area contributed by atoms with Gasteiger partial charge in [-0.3, -0.25) is 0 Å². The van der Waals surface area contributed by atoms with Gasteiger partial charge in [0.15, 0.2) is 0 Å². The molecule has 0 aliphatic heterocycles. The van der Waals surface area contributed by atoms with E-state index in [0.29, 0.717) is 11.7 Å². The van der Waals surface area contributed by atoms with Crippen molar-refractivity contribution in [2.75, 3.05) is 7.11 Å². The van der Waals surface area contributed by atoms with Crippen LogP contribution in [0, 0.1) is 6.57 Å². The van der Waals surface area contributed by atoms with Gasteiger partial charge in [-0.1, -0.05) is 6.57 Å². The van der Waals surface area contributed by atoms with E-state index < -0.39 is 0 Å². The molecule has 0 amide bonds. The Morgan fingerprint density at radius 2 is 2.40 bits per heavy atom. The topological polar surface area (TPSA) is 39.4 Å². The summed E-state index contributed by atoms with van der Waals surface area (Å²) < 4.78 is 4.76. The first-order valence-electron chi connectivity index (χ1n) is 2.60. The summed E-state index contributed by atoms with van der Waals surface area (Å²) in [6.45, 7) is 6.59. The van der Waals surface area contributed by atoms with Crippen LogP contribution in [0.5, 0.6) is 5.88 Å². The van der Waals surface area contributed by atoms with Crippen molar-refractivity contribution < 1.29 is 4.74 Å². The van der Waals surface area contributed by atoms with E-state index in [0.717, 1.165) is 0 Å². The summed E-state index contributed by atoms with van der Waals surface area (Å²) >= 11 is 0. The second-order valence-electron chi connectivity index (χ2n) is 1.53. The van der Waals surface area contributed by atoms with Crippen molar-refractivity contribution in [2.24, 2.45) is 0 Å². The zero-order valence-electron chi connectivity index (χ0n) is 5.40. The minimum atomic E-state index is 0.298. The monoisotopic (exact) mass is 135 g/mol. The summed E-state index contributed by atoms with van der Waals surface area (Å²) in [6, 6.07) is 1.48. The molecule has 0 saturated carbocycles. The van der Waals surface area contributed by atoms with Gasteiger partial charge >= 0.3 is 0 Å². The molecule has 4 nitrogen and oxygen atoms in total. The molecule has 0 fully saturated rings. The Morgan fingerprint density at radius 1 is 1.60 bits per heavy atom. The van der Waals surface area contributed by atoms with Crippen LogP contribution >= 0.6 is 0 Å². The molecular weight excluding hydrogens is 130 g/mol. The third kappa shape index (κ3) is 1.20. The van der Waals surface area contributed by atoms with Gasteiger partial charge in [-0.15, -0.1) is 4.98 Å². The van der Waals surface area contributed by atoms with Gasteiger partial charge in [0.1, 0.15) is 0 Å². The summed E-state index contributed by atoms with van der Waals surface area (Å²) in [4.78, 5) is 10.5. The first kappa shape index (κ1) is 6.49. The lowest BCUT2D eigenvalue weighted by molar-refractivity contribution is 0.397. The molecular formula is C6H5N3O. The number of hydrogen-bond donors (Lipinski definition) is 0. The maximum absolute atomic E-state index is 6.59. The van der Waals surface area contributed by atoms with Crippen LogP contribution in [0.25, 0.3) is 4.85 Å². The molecule has 0 atom stereocenters. The molecule has 0 aromatic carbocycles. The second kappa shape index (κ2) is 2.78. The summed E-state index contributed by atoms with van der Waals surface area (Å²) in [5, 5.41) is 0. The van der Waals surface area contributed by atoms with E-state index in [1.54, 1.807) is 0 Å². The van der Waals surface area contributed by atoms with E-state index in [1.165, 1.54) is 19.5 Å². The molecule has 0 N–H and O–H groups in total. The minimum Gasteiger partial charge on any atom is -0.482 e. The van der Waals surface area contributed by atoms with E-state index in [-0.39, 0.29) is 0 Å². The van der Waals surface area contributed by atoms with Crippen molar-refractivity contribution in [3.8, 4) is 5.88 Å². The van der Waals surface area contributed by atoms with Crippen LogP contribution in [0.3, 0.4) is 0 Å². The molecule has 1 rings (SSSR count). The normalized spacial score (nSPS) is 8.40.